The number of amidine groups is 2. The van der Waals surface area contributed by atoms with E-state index >= 15 is 0 Å². The summed E-state index contributed by atoms with van der Waals surface area (Å²) in [7, 11) is 0. The highest BCUT2D eigenvalue weighted by Crippen LogP contribution is 2.36. The summed E-state index contributed by atoms with van der Waals surface area (Å²) in [5.41, 5.74) is 9.29. The van der Waals surface area contributed by atoms with Gasteiger partial charge in [-0.2, -0.15) is 0 Å². The lowest BCUT2D eigenvalue weighted by atomic mass is 9.99. The van der Waals surface area contributed by atoms with Gasteiger partial charge in [0.15, 0.2) is 5.84 Å². The molecule has 1 unspecified atom stereocenters. The molecule has 0 fully saturated rings. The van der Waals surface area contributed by atoms with Crippen molar-refractivity contribution in [2.75, 3.05) is 0 Å². The average Bonchev–Trinajstić information content (AvgIpc) is 3.59. The number of nitrogens with one attached hydrogen (secondary N) is 1. The summed E-state index contributed by atoms with van der Waals surface area (Å²) in [6.07, 6.45) is -0.328. The molecule has 51 heavy (non-hydrogen) atoms. The largest absolute Gasteiger partial charge is 0.456 e. The molecular weight excluding hydrogens is 623 g/mol. The monoisotopic (exact) mass is 653 g/mol. The molecule has 9 aromatic rings. The van der Waals surface area contributed by atoms with Crippen molar-refractivity contribution in [1.82, 2.24) is 5.32 Å². The summed E-state index contributed by atoms with van der Waals surface area (Å²) in [6, 6.07) is 61.7. The van der Waals surface area contributed by atoms with Crippen LogP contribution in [0.5, 0.6) is 0 Å². The van der Waals surface area contributed by atoms with Gasteiger partial charge in [0.1, 0.15) is 23.2 Å². The van der Waals surface area contributed by atoms with Gasteiger partial charge in [-0.1, -0.05) is 146 Å². The van der Waals surface area contributed by atoms with Gasteiger partial charge in [0, 0.05) is 21.9 Å². The van der Waals surface area contributed by atoms with Crippen molar-refractivity contribution in [2.45, 2.75) is 6.17 Å². The molecule has 0 saturated carbocycles. The van der Waals surface area contributed by atoms with Crippen LogP contribution in [0.25, 0.3) is 65.7 Å². The summed E-state index contributed by atoms with van der Waals surface area (Å²) in [5, 5.41) is 10.6. The smallest absolute Gasteiger partial charge is 0.160 e. The van der Waals surface area contributed by atoms with Crippen molar-refractivity contribution >= 4 is 55.2 Å². The maximum absolute atomic E-state index is 6.52. The van der Waals surface area contributed by atoms with Crippen molar-refractivity contribution < 1.29 is 4.42 Å². The van der Waals surface area contributed by atoms with Crippen LogP contribution in [-0.4, -0.2) is 11.7 Å². The second kappa shape index (κ2) is 12.0. The number of fused-ring (bicyclic) bond motifs is 5. The lowest BCUT2D eigenvalue weighted by molar-refractivity contribution is 0.668. The van der Waals surface area contributed by atoms with E-state index < -0.39 is 0 Å². The van der Waals surface area contributed by atoms with Gasteiger partial charge in [-0.25, -0.2) is 9.98 Å². The molecule has 1 aliphatic rings. The Kier molecular flexibility index (Phi) is 6.85. The van der Waals surface area contributed by atoms with E-state index in [1.54, 1.807) is 0 Å². The summed E-state index contributed by atoms with van der Waals surface area (Å²) in [6.45, 7) is 0. The minimum atomic E-state index is -0.328. The van der Waals surface area contributed by atoms with E-state index in [0.29, 0.717) is 5.84 Å². The zero-order valence-electron chi connectivity index (χ0n) is 27.6. The number of rotatable bonds is 5. The van der Waals surface area contributed by atoms with E-state index in [1.807, 2.05) is 30.3 Å². The summed E-state index contributed by atoms with van der Waals surface area (Å²) >= 11 is 0. The van der Waals surface area contributed by atoms with Crippen LogP contribution in [0.3, 0.4) is 0 Å². The topological polar surface area (TPSA) is 49.9 Å². The van der Waals surface area contributed by atoms with E-state index in [2.05, 4.69) is 151 Å². The number of hydrogen-bond acceptors (Lipinski definition) is 4. The molecule has 0 bridgehead atoms. The van der Waals surface area contributed by atoms with Gasteiger partial charge in [0.05, 0.1) is 0 Å². The Labute approximate surface area is 295 Å². The molecule has 0 spiro atoms. The van der Waals surface area contributed by atoms with E-state index in [9.17, 15) is 0 Å². The molecule has 0 aliphatic carbocycles. The second-order valence-corrected chi connectivity index (χ2v) is 13.1. The molecular formula is C47H31N3O. The van der Waals surface area contributed by atoms with Crippen LogP contribution in [-0.2, 0) is 0 Å². The van der Waals surface area contributed by atoms with Crippen LogP contribution in [0.4, 0.5) is 0 Å². The van der Waals surface area contributed by atoms with Crippen molar-refractivity contribution in [3.8, 4) is 22.3 Å². The van der Waals surface area contributed by atoms with Crippen molar-refractivity contribution in [1.29, 1.82) is 0 Å². The SMILES string of the molecule is c1ccc(C2=NC(c3cccc4oc5cc(-c6ccc7ccccc7c6)ccc5c34)=NC(c3ccc(-c4ccc5ccccc5c4)cc3)N2)cc1. The van der Waals surface area contributed by atoms with Crippen LogP contribution in [0.2, 0.25) is 0 Å². The molecule has 240 valence electrons. The molecule has 8 aromatic carbocycles. The first-order valence-electron chi connectivity index (χ1n) is 17.3. The van der Waals surface area contributed by atoms with Crippen LogP contribution < -0.4 is 5.32 Å². The van der Waals surface area contributed by atoms with E-state index in [0.717, 1.165) is 55.6 Å². The summed E-state index contributed by atoms with van der Waals surface area (Å²) < 4.78 is 6.52. The summed E-state index contributed by atoms with van der Waals surface area (Å²) in [5.74, 6) is 1.45. The van der Waals surface area contributed by atoms with Crippen LogP contribution in [0.15, 0.2) is 190 Å². The van der Waals surface area contributed by atoms with Gasteiger partial charge in [-0.15, -0.1) is 0 Å². The minimum absolute atomic E-state index is 0.328. The third-order valence-corrected chi connectivity index (χ3v) is 9.92. The highest BCUT2D eigenvalue weighted by Gasteiger charge is 2.24. The van der Waals surface area contributed by atoms with E-state index in [1.165, 1.54) is 32.7 Å². The van der Waals surface area contributed by atoms with Gasteiger partial charge < -0.3 is 9.73 Å². The Morgan fingerprint density at radius 2 is 1.06 bits per heavy atom. The molecule has 4 nitrogen and oxygen atoms in total. The van der Waals surface area contributed by atoms with Crippen LogP contribution in [0.1, 0.15) is 22.9 Å². The fraction of sp³-hybridized carbons (Fsp3) is 0.0213. The Balaban J connectivity index is 1.06. The van der Waals surface area contributed by atoms with Gasteiger partial charge in [0.25, 0.3) is 0 Å². The molecule has 1 aromatic heterocycles. The zero-order chi connectivity index (χ0) is 33.7. The highest BCUT2D eigenvalue weighted by atomic mass is 16.3. The third-order valence-electron chi connectivity index (χ3n) is 9.92. The second-order valence-electron chi connectivity index (χ2n) is 13.1. The highest BCUT2D eigenvalue weighted by molar-refractivity contribution is 6.22. The van der Waals surface area contributed by atoms with Crippen molar-refractivity contribution in [2.24, 2.45) is 9.98 Å². The molecule has 10 rings (SSSR count). The van der Waals surface area contributed by atoms with E-state index in [-0.39, 0.29) is 6.17 Å². The number of benzene rings is 8. The van der Waals surface area contributed by atoms with Gasteiger partial charge in [-0.05, 0) is 79.7 Å². The molecule has 4 heteroatoms. The van der Waals surface area contributed by atoms with Crippen LogP contribution in [0, 0.1) is 0 Å². The van der Waals surface area contributed by atoms with E-state index in [4.69, 9.17) is 14.4 Å². The first-order chi connectivity index (χ1) is 25.2. The molecule has 1 N–H and O–H groups in total. The number of aliphatic imine (C=N–C) groups is 2. The third kappa shape index (κ3) is 5.25. The molecule has 0 saturated heterocycles. The standard InChI is InChI=1S/C47H31N3O/c1-2-11-33(12-3-1)45-48-46(34-21-17-32(18-22-34)37-23-19-30-9-4-6-13-35(30)27-37)50-47(49-45)41-15-8-16-42-44(41)40-26-25-39(29-43(40)51-42)38-24-20-31-10-5-7-14-36(31)28-38/h1-29,46H,(H,48,49,50). The average molecular weight is 654 g/mol. The zero-order valence-corrected chi connectivity index (χ0v) is 27.6. The first-order valence-corrected chi connectivity index (χ1v) is 17.3. The molecule has 2 heterocycles. The van der Waals surface area contributed by atoms with Gasteiger partial charge in [-0.3, -0.25) is 0 Å². The Hall–Kier alpha value is -6.78. The number of furan rings is 1. The minimum Gasteiger partial charge on any atom is -0.456 e. The lowest BCUT2D eigenvalue weighted by Crippen LogP contribution is -2.33. The molecule has 0 amide bonds. The maximum atomic E-state index is 6.52. The molecule has 1 atom stereocenters. The van der Waals surface area contributed by atoms with Crippen molar-refractivity contribution in [3.63, 3.8) is 0 Å². The Morgan fingerprint density at radius 3 is 1.78 bits per heavy atom. The maximum Gasteiger partial charge on any atom is 0.160 e. The normalized spacial score (nSPS) is 14.5. The number of hydrogen-bond donors (Lipinski definition) is 1. The number of nitrogens with zero attached hydrogens (tertiary/aromatic N) is 2. The van der Waals surface area contributed by atoms with Crippen LogP contribution >= 0.6 is 0 Å². The quantitative estimate of drug-likeness (QED) is 0.201. The molecule has 0 radical (unpaired) electrons. The van der Waals surface area contributed by atoms with Gasteiger partial charge in [0.2, 0.25) is 0 Å². The van der Waals surface area contributed by atoms with Crippen molar-refractivity contribution in [3.05, 3.63) is 193 Å². The Morgan fingerprint density at radius 1 is 0.451 bits per heavy atom. The lowest BCUT2D eigenvalue weighted by Gasteiger charge is -2.24. The predicted molar refractivity (Wildman–Crippen MR) is 211 cm³/mol. The Bertz CT molecular complexity index is 2830. The fourth-order valence-corrected chi connectivity index (χ4v) is 7.27. The molecule has 1 aliphatic heterocycles. The van der Waals surface area contributed by atoms with Gasteiger partial charge >= 0.3 is 0 Å². The predicted octanol–water partition coefficient (Wildman–Crippen LogP) is 11.7. The fourth-order valence-electron chi connectivity index (χ4n) is 7.27. The first kappa shape index (κ1) is 29.2. The summed E-state index contributed by atoms with van der Waals surface area (Å²) in [4.78, 5) is 10.4.